The smallest absolute Gasteiger partial charge is 0.410 e. The van der Waals surface area contributed by atoms with Gasteiger partial charge < -0.3 is 20.3 Å². The van der Waals surface area contributed by atoms with Crippen molar-refractivity contribution in [2.24, 2.45) is 0 Å². The van der Waals surface area contributed by atoms with Crippen molar-refractivity contribution in [3.8, 4) is 11.3 Å². The Morgan fingerprint density at radius 3 is 2.59 bits per heavy atom. The van der Waals surface area contributed by atoms with E-state index in [-0.39, 0.29) is 23.5 Å². The molecule has 12 heteroatoms. The molecule has 4 heterocycles. The summed E-state index contributed by atoms with van der Waals surface area (Å²) in [5.41, 5.74) is 3.95. The molecule has 0 radical (unpaired) electrons. The van der Waals surface area contributed by atoms with E-state index in [2.05, 4.69) is 52.5 Å². The molecule has 0 bridgehead atoms. The van der Waals surface area contributed by atoms with Crippen LogP contribution < -0.4 is 10.6 Å². The standard InChI is InChI=1S/C32H40N8O3S/c1-20-14-21(8-9-22(20)15-34-27(41)26-17-35-28(44-26)31(2,3)4)25-10-12-33-29(38-25)37-23-16-36-40(18-23)24-11-13-39(19-24)30(42)43-32(5,6)7/h8-10,12,14,16-18,24H,11,13,15,19H2,1-7H3,(H,34,41)(H,33,37,38)/t24-/m1/s1. The molecule has 0 saturated carbocycles. The zero-order chi connectivity index (χ0) is 31.6. The third-order valence-electron chi connectivity index (χ3n) is 7.15. The minimum absolute atomic E-state index is 0.0690. The minimum atomic E-state index is -0.524. The van der Waals surface area contributed by atoms with Gasteiger partial charge >= 0.3 is 6.09 Å². The number of nitrogens with one attached hydrogen (secondary N) is 2. The molecule has 1 saturated heterocycles. The molecule has 1 aliphatic heterocycles. The highest BCUT2D eigenvalue weighted by molar-refractivity contribution is 7.13. The van der Waals surface area contributed by atoms with Gasteiger partial charge in [0.2, 0.25) is 5.95 Å². The summed E-state index contributed by atoms with van der Waals surface area (Å²) in [4.78, 5) is 41.0. The number of hydrogen-bond donors (Lipinski definition) is 2. The number of carbonyl (C=O) groups excluding carboxylic acids is 2. The molecule has 5 rings (SSSR count). The number of ether oxygens (including phenoxy) is 1. The summed E-state index contributed by atoms with van der Waals surface area (Å²) in [5.74, 6) is 0.335. The number of hydrogen-bond acceptors (Lipinski definition) is 9. The van der Waals surface area contributed by atoms with Gasteiger partial charge in [0.15, 0.2) is 0 Å². The third-order valence-corrected chi connectivity index (χ3v) is 8.57. The van der Waals surface area contributed by atoms with Gasteiger partial charge in [-0.15, -0.1) is 11.3 Å². The van der Waals surface area contributed by atoms with Crippen LogP contribution >= 0.6 is 11.3 Å². The van der Waals surface area contributed by atoms with E-state index in [0.29, 0.717) is 30.5 Å². The van der Waals surface area contributed by atoms with E-state index in [9.17, 15) is 9.59 Å². The summed E-state index contributed by atoms with van der Waals surface area (Å²) in [6.07, 6.45) is 7.51. The number of carbonyl (C=O) groups is 2. The predicted molar refractivity (Wildman–Crippen MR) is 171 cm³/mol. The van der Waals surface area contributed by atoms with Crippen molar-refractivity contribution in [3.63, 3.8) is 0 Å². The molecule has 11 nitrogen and oxygen atoms in total. The van der Waals surface area contributed by atoms with Crippen LogP contribution in [-0.4, -0.2) is 60.3 Å². The van der Waals surface area contributed by atoms with Crippen LogP contribution in [0.3, 0.4) is 0 Å². The van der Waals surface area contributed by atoms with Crippen molar-refractivity contribution < 1.29 is 14.3 Å². The van der Waals surface area contributed by atoms with Crippen LogP contribution in [0.2, 0.25) is 0 Å². The molecule has 4 aromatic rings. The second-order valence-corrected chi connectivity index (χ2v) is 14.1. The highest BCUT2D eigenvalue weighted by atomic mass is 32.1. The van der Waals surface area contributed by atoms with Crippen LogP contribution in [0.25, 0.3) is 11.3 Å². The minimum Gasteiger partial charge on any atom is -0.444 e. The van der Waals surface area contributed by atoms with E-state index in [1.165, 1.54) is 11.3 Å². The normalized spacial score (nSPS) is 15.3. The van der Waals surface area contributed by atoms with E-state index in [4.69, 9.17) is 9.72 Å². The maximum atomic E-state index is 12.7. The third kappa shape index (κ3) is 7.60. The second-order valence-electron chi connectivity index (χ2n) is 13.1. The Kier molecular flexibility index (Phi) is 8.73. The molecular formula is C32H40N8O3S. The van der Waals surface area contributed by atoms with E-state index in [1.807, 2.05) is 56.8 Å². The first-order valence-electron chi connectivity index (χ1n) is 14.7. The molecule has 1 atom stereocenters. The number of nitrogens with zero attached hydrogens (tertiary/aromatic N) is 6. The number of aromatic nitrogens is 5. The molecule has 2 amide bonds. The predicted octanol–water partition coefficient (Wildman–Crippen LogP) is 6.26. The summed E-state index contributed by atoms with van der Waals surface area (Å²) < 4.78 is 7.38. The fourth-order valence-corrected chi connectivity index (χ4v) is 5.69. The van der Waals surface area contributed by atoms with Gasteiger partial charge in [0, 0.05) is 43.0 Å². The summed E-state index contributed by atoms with van der Waals surface area (Å²) in [6, 6.07) is 8.01. The van der Waals surface area contributed by atoms with Crippen LogP contribution in [0.15, 0.2) is 49.1 Å². The number of thiazole rings is 1. The van der Waals surface area contributed by atoms with Crippen molar-refractivity contribution in [2.75, 3.05) is 18.4 Å². The number of amides is 2. The Labute approximate surface area is 262 Å². The lowest BCUT2D eigenvalue weighted by Crippen LogP contribution is -2.35. The highest BCUT2D eigenvalue weighted by Crippen LogP contribution is 2.28. The summed E-state index contributed by atoms with van der Waals surface area (Å²) in [6.45, 7) is 15.5. The maximum Gasteiger partial charge on any atom is 0.410 e. The first-order valence-corrected chi connectivity index (χ1v) is 15.5. The van der Waals surface area contributed by atoms with Gasteiger partial charge in [0.25, 0.3) is 5.91 Å². The topological polar surface area (TPSA) is 127 Å². The Hall–Kier alpha value is -4.32. The molecule has 1 fully saturated rings. The molecule has 44 heavy (non-hydrogen) atoms. The SMILES string of the molecule is Cc1cc(-c2ccnc(Nc3cnn([C@@H]4CCN(C(=O)OC(C)(C)C)C4)c3)n2)ccc1CNC(=O)c1cnc(C(C)(C)C)s1. The zero-order valence-corrected chi connectivity index (χ0v) is 27.2. The summed E-state index contributed by atoms with van der Waals surface area (Å²) in [5, 5.41) is 11.7. The maximum absolute atomic E-state index is 12.7. The van der Waals surface area contributed by atoms with E-state index >= 15 is 0 Å². The molecule has 3 aromatic heterocycles. The highest BCUT2D eigenvalue weighted by Gasteiger charge is 2.31. The first-order chi connectivity index (χ1) is 20.7. The Balaban J connectivity index is 1.19. The molecular weight excluding hydrogens is 576 g/mol. The fourth-order valence-electron chi connectivity index (χ4n) is 4.80. The largest absolute Gasteiger partial charge is 0.444 e. The van der Waals surface area contributed by atoms with E-state index in [1.54, 1.807) is 23.5 Å². The van der Waals surface area contributed by atoms with Crippen LogP contribution in [0.4, 0.5) is 16.4 Å². The molecule has 1 aromatic carbocycles. The molecule has 0 spiro atoms. The summed E-state index contributed by atoms with van der Waals surface area (Å²) in [7, 11) is 0. The van der Waals surface area contributed by atoms with Gasteiger partial charge in [0.05, 0.1) is 34.8 Å². The number of anilines is 2. The van der Waals surface area contributed by atoms with Gasteiger partial charge in [-0.05, 0) is 57.4 Å². The van der Waals surface area contributed by atoms with Crippen LogP contribution in [-0.2, 0) is 16.7 Å². The molecule has 2 N–H and O–H groups in total. The Bertz CT molecular complexity index is 1650. The number of likely N-dealkylation sites (tertiary alicyclic amines) is 1. The quantitative estimate of drug-likeness (QED) is 0.249. The second kappa shape index (κ2) is 12.4. The van der Waals surface area contributed by atoms with Gasteiger partial charge in [0.1, 0.15) is 10.5 Å². The fraction of sp³-hybridized carbons (Fsp3) is 0.438. The van der Waals surface area contributed by atoms with Crippen LogP contribution in [0, 0.1) is 6.92 Å². The Morgan fingerprint density at radius 2 is 1.89 bits per heavy atom. The number of aryl methyl sites for hydroxylation is 1. The first kappa shape index (κ1) is 31.1. The van der Waals surface area contributed by atoms with Gasteiger partial charge in [-0.1, -0.05) is 32.9 Å². The molecule has 232 valence electrons. The molecule has 0 aliphatic carbocycles. The lowest BCUT2D eigenvalue weighted by molar-refractivity contribution is 0.0288. The average Bonchev–Trinajstić information content (AvgIpc) is 3.72. The van der Waals surface area contributed by atoms with Gasteiger partial charge in [-0.3, -0.25) is 9.48 Å². The van der Waals surface area contributed by atoms with Gasteiger partial charge in [-0.25, -0.2) is 19.7 Å². The molecule has 0 unspecified atom stereocenters. The van der Waals surface area contributed by atoms with Crippen molar-refractivity contribution in [3.05, 3.63) is 70.1 Å². The number of benzene rings is 1. The van der Waals surface area contributed by atoms with Crippen LogP contribution in [0.1, 0.15) is 79.8 Å². The van der Waals surface area contributed by atoms with Crippen molar-refractivity contribution in [2.45, 2.75) is 78.5 Å². The van der Waals surface area contributed by atoms with E-state index in [0.717, 1.165) is 39.5 Å². The van der Waals surface area contributed by atoms with Crippen molar-refractivity contribution in [1.82, 2.24) is 34.9 Å². The lowest BCUT2D eigenvalue weighted by Gasteiger charge is -2.24. The number of rotatable bonds is 7. The Morgan fingerprint density at radius 1 is 1.09 bits per heavy atom. The van der Waals surface area contributed by atoms with Crippen molar-refractivity contribution in [1.29, 1.82) is 0 Å². The van der Waals surface area contributed by atoms with E-state index < -0.39 is 5.60 Å². The summed E-state index contributed by atoms with van der Waals surface area (Å²) >= 11 is 1.43. The lowest BCUT2D eigenvalue weighted by atomic mass is 9.98. The van der Waals surface area contributed by atoms with Gasteiger partial charge in [-0.2, -0.15) is 5.10 Å². The monoisotopic (exact) mass is 616 g/mol. The van der Waals surface area contributed by atoms with Crippen molar-refractivity contribution >= 4 is 35.0 Å². The molecule has 1 aliphatic rings. The average molecular weight is 617 g/mol. The van der Waals surface area contributed by atoms with Crippen LogP contribution in [0.5, 0.6) is 0 Å². The zero-order valence-electron chi connectivity index (χ0n) is 26.3.